The fourth-order valence-corrected chi connectivity index (χ4v) is 1.39. The van der Waals surface area contributed by atoms with Crippen LogP contribution in [0.5, 0.6) is 5.75 Å². The van der Waals surface area contributed by atoms with E-state index < -0.39 is 11.8 Å². The lowest BCUT2D eigenvalue weighted by molar-refractivity contribution is -0.133. The zero-order valence-electron chi connectivity index (χ0n) is 9.99. The number of benzene rings is 1. The Bertz CT molecular complexity index is 609. The summed E-state index contributed by atoms with van der Waals surface area (Å²) >= 11 is 0. The number of phenolic OH excluding ortho intramolecular Hbond substituents is 1. The highest BCUT2D eigenvalue weighted by molar-refractivity contribution is 6.42. The minimum Gasteiger partial charge on any atom is -0.508 e. The molecule has 0 saturated heterocycles. The van der Waals surface area contributed by atoms with Gasteiger partial charge in [0.2, 0.25) is 0 Å². The van der Waals surface area contributed by atoms with Gasteiger partial charge in [0.15, 0.2) is 0 Å². The van der Waals surface area contributed by atoms with Crippen molar-refractivity contribution in [2.24, 2.45) is 0 Å². The monoisotopic (exact) mass is 261 g/mol. The van der Waals surface area contributed by atoms with E-state index in [0.29, 0.717) is 11.3 Å². The van der Waals surface area contributed by atoms with Crippen molar-refractivity contribution in [3.63, 3.8) is 0 Å². The highest BCUT2D eigenvalue weighted by Crippen LogP contribution is 2.19. The molecule has 19 heavy (non-hydrogen) atoms. The Kier molecular flexibility index (Phi) is 3.42. The molecule has 3 N–H and O–H groups in total. The molecule has 98 valence electrons. The maximum Gasteiger partial charge on any atom is 0.328 e. The van der Waals surface area contributed by atoms with Crippen LogP contribution in [0.25, 0.3) is 0 Å². The number of amides is 2. The fraction of sp³-hybridized carbons (Fsp3) is 0.0909. The Hall–Kier alpha value is -2.90. The summed E-state index contributed by atoms with van der Waals surface area (Å²) in [6.07, 6.45) is 2.49. The number of carbonyl (C=O) groups excluding carboxylic acids is 2. The maximum atomic E-state index is 11.6. The Labute approximate surface area is 108 Å². The standard InChI is InChI=1S/C11H11N5O3/c1-7-4-8(17)2-3-9(7)14-10(18)11(19)15-16-5-12-13-6-16/h2-6,17H,1H3,(H,14,18)(H,15,19). The van der Waals surface area contributed by atoms with Crippen LogP contribution >= 0.6 is 0 Å². The first-order valence-corrected chi connectivity index (χ1v) is 5.33. The number of hydrogen-bond acceptors (Lipinski definition) is 5. The number of phenols is 1. The highest BCUT2D eigenvalue weighted by atomic mass is 16.3. The molecule has 8 nitrogen and oxygen atoms in total. The van der Waals surface area contributed by atoms with E-state index in [0.717, 1.165) is 4.68 Å². The van der Waals surface area contributed by atoms with Crippen molar-refractivity contribution in [3.8, 4) is 5.75 Å². The molecule has 1 heterocycles. The van der Waals surface area contributed by atoms with E-state index in [9.17, 15) is 14.7 Å². The first-order valence-electron chi connectivity index (χ1n) is 5.33. The summed E-state index contributed by atoms with van der Waals surface area (Å²) in [6.45, 7) is 1.70. The normalized spacial score (nSPS) is 9.95. The molecule has 0 fully saturated rings. The average Bonchev–Trinajstić information content (AvgIpc) is 2.85. The van der Waals surface area contributed by atoms with Crippen LogP contribution in [-0.2, 0) is 9.59 Å². The van der Waals surface area contributed by atoms with E-state index in [1.807, 2.05) is 0 Å². The van der Waals surface area contributed by atoms with Crippen LogP contribution in [0.2, 0.25) is 0 Å². The molecule has 0 spiro atoms. The van der Waals surface area contributed by atoms with Crippen LogP contribution in [0.1, 0.15) is 5.56 Å². The number of hydrogen-bond donors (Lipinski definition) is 3. The van der Waals surface area contributed by atoms with E-state index in [1.165, 1.54) is 30.9 Å². The SMILES string of the molecule is Cc1cc(O)ccc1NC(=O)C(=O)Nn1cnnc1. The summed E-state index contributed by atoms with van der Waals surface area (Å²) in [5.41, 5.74) is 3.35. The molecule has 2 rings (SSSR count). The second-order valence-corrected chi connectivity index (χ2v) is 3.76. The molecular formula is C11H11N5O3. The van der Waals surface area contributed by atoms with Crippen molar-refractivity contribution in [1.29, 1.82) is 0 Å². The van der Waals surface area contributed by atoms with E-state index in [4.69, 9.17) is 0 Å². The van der Waals surface area contributed by atoms with Crippen molar-refractivity contribution in [2.75, 3.05) is 10.7 Å². The maximum absolute atomic E-state index is 11.6. The second kappa shape index (κ2) is 5.17. The van der Waals surface area contributed by atoms with Crippen LogP contribution in [0.3, 0.4) is 0 Å². The lowest BCUT2D eigenvalue weighted by Crippen LogP contribution is -2.33. The number of aromatic hydroxyl groups is 1. The van der Waals surface area contributed by atoms with Gasteiger partial charge in [0.05, 0.1) is 0 Å². The summed E-state index contributed by atoms with van der Waals surface area (Å²) in [4.78, 5) is 23.2. The van der Waals surface area contributed by atoms with Gasteiger partial charge in [-0.05, 0) is 30.7 Å². The van der Waals surface area contributed by atoms with E-state index in [-0.39, 0.29) is 5.75 Å². The molecule has 0 bridgehead atoms. The Morgan fingerprint density at radius 1 is 1.21 bits per heavy atom. The van der Waals surface area contributed by atoms with Crippen molar-refractivity contribution >= 4 is 17.5 Å². The van der Waals surface area contributed by atoms with Crippen molar-refractivity contribution in [2.45, 2.75) is 6.92 Å². The van der Waals surface area contributed by atoms with E-state index in [2.05, 4.69) is 20.9 Å². The number of aryl methyl sites for hydroxylation is 1. The van der Waals surface area contributed by atoms with Gasteiger partial charge >= 0.3 is 11.8 Å². The van der Waals surface area contributed by atoms with Gasteiger partial charge in [0, 0.05) is 5.69 Å². The molecule has 0 saturated carbocycles. The van der Waals surface area contributed by atoms with Crippen LogP contribution in [0.15, 0.2) is 30.9 Å². The second-order valence-electron chi connectivity index (χ2n) is 3.76. The summed E-state index contributed by atoms with van der Waals surface area (Å²) in [6, 6.07) is 4.40. The number of anilines is 1. The molecule has 1 aromatic carbocycles. The number of aromatic nitrogens is 3. The van der Waals surface area contributed by atoms with Crippen LogP contribution in [0, 0.1) is 6.92 Å². The molecule has 2 amide bonds. The number of nitrogens with zero attached hydrogens (tertiary/aromatic N) is 3. The Morgan fingerprint density at radius 2 is 1.89 bits per heavy atom. The summed E-state index contributed by atoms with van der Waals surface area (Å²) < 4.78 is 1.16. The van der Waals surface area contributed by atoms with Gasteiger partial charge in [0.25, 0.3) is 0 Å². The largest absolute Gasteiger partial charge is 0.508 e. The van der Waals surface area contributed by atoms with Crippen LogP contribution in [-0.4, -0.2) is 31.8 Å². The lowest BCUT2D eigenvalue weighted by Gasteiger charge is -2.08. The first-order chi connectivity index (χ1) is 9.06. The first kappa shape index (κ1) is 12.6. The smallest absolute Gasteiger partial charge is 0.328 e. The third-order valence-electron chi connectivity index (χ3n) is 2.31. The van der Waals surface area contributed by atoms with E-state index >= 15 is 0 Å². The van der Waals surface area contributed by atoms with Crippen molar-refractivity contribution < 1.29 is 14.7 Å². The molecule has 0 unspecified atom stereocenters. The molecule has 0 aliphatic rings. The molecule has 0 aliphatic carbocycles. The quantitative estimate of drug-likeness (QED) is 0.521. The fourth-order valence-electron chi connectivity index (χ4n) is 1.39. The van der Waals surface area contributed by atoms with Crippen molar-refractivity contribution in [3.05, 3.63) is 36.4 Å². The van der Waals surface area contributed by atoms with Gasteiger partial charge in [0.1, 0.15) is 18.4 Å². The highest BCUT2D eigenvalue weighted by Gasteiger charge is 2.15. The van der Waals surface area contributed by atoms with Gasteiger partial charge in [-0.3, -0.25) is 15.0 Å². The van der Waals surface area contributed by atoms with E-state index in [1.54, 1.807) is 6.92 Å². The molecule has 8 heteroatoms. The van der Waals surface area contributed by atoms with Gasteiger partial charge in [-0.15, -0.1) is 10.2 Å². The van der Waals surface area contributed by atoms with Gasteiger partial charge in [-0.25, -0.2) is 4.68 Å². The topological polar surface area (TPSA) is 109 Å². The minimum absolute atomic E-state index is 0.0874. The van der Waals surface area contributed by atoms with Gasteiger partial charge < -0.3 is 10.4 Å². The summed E-state index contributed by atoms with van der Waals surface area (Å²) in [5.74, 6) is -1.60. The number of carbonyl (C=O) groups is 2. The molecule has 1 aromatic heterocycles. The summed E-state index contributed by atoms with van der Waals surface area (Å²) in [5, 5.41) is 18.6. The Balaban J connectivity index is 2.02. The molecule has 0 atom stereocenters. The molecule has 0 radical (unpaired) electrons. The lowest BCUT2D eigenvalue weighted by atomic mass is 10.2. The predicted octanol–water partition coefficient (Wildman–Crippen LogP) is 0.000920. The molecule has 2 aromatic rings. The number of rotatable bonds is 2. The zero-order valence-corrected chi connectivity index (χ0v) is 9.99. The third kappa shape index (κ3) is 3.06. The van der Waals surface area contributed by atoms with Gasteiger partial charge in [-0.2, -0.15) is 0 Å². The van der Waals surface area contributed by atoms with Crippen molar-refractivity contribution in [1.82, 2.24) is 14.9 Å². The number of nitrogens with one attached hydrogen (secondary N) is 2. The van der Waals surface area contributed by atoms with Crippen LogP contribution in [0.4, 0.5) is 5.69 Å². The van der Waals surface area contributed by atoms with Gasteiger partial charge in [-0.1, -0.05) is 0 Å². The molecule has 0 aliphatic heterocycles. The van der Waals surface area contributed by atoms with Crippen LogP contribution < -0.4 is 10.7 Å². The third-order valence-corrected chi connectivity index (χ3v) is 2.31. The average molecular weight is 261 g/mol. The summed E-state index contributed by atoms with van der Waals surface area (Å²) in [7, 11) is 0. The minimum atomic E-state index is -0.854. The predicted molar refractivity (Wildman–Crippen MR) is 65.9 cm³/mol. The molecular weight excluding hydrogens is 250 g/mol. The zero-order chi connectivity index (χ0) is 13.8. The Morgan fingerprint density at radius 3 is 2.53 bits per heavy atom.